The quantitative estimate of drug-likeness (QED) is 0.791. The molecular weight excluding hydrogens is 359 g/mol. The maximum Gasteiger partial charge on any atom is 0.223 e. The molecule has 0 radical (unpaired) electrons. The summed E-state index contributed by atoms with van der Waals surface area (Å²) in [6.07, 6.45) is 2.87. The Morgan fingerprint density at radius 2 is 2.44 bits per heavy atom. The van der Waals surface area contributed by atoms with Gasteiger partial charge in [-0.25, -0.2) is 0 Å². The van der Waals surface area contributed by atoms with Gasteiger partial charge in [-0.05, 0) is 67.5 Å². The lowest BCUT2D eigenvalue weighted by atomic mass is 9.92. The van der Waals surface area contributed by atoms with Crippen molar-refractivity contribution in [2.45, 2.75) is 32.2 Å². The number of hydrogen-bond acceptors (Lipinski definition) is 3. The van der Waals surface area contributed by atoms with Crippen LogP contribution in [0.25, 0.3) is 0 Å². The molecule has 0 aliphatic carbocycles. The van der Waals surface area contributed by atoms with E-state index in [-0.39, 0.29) is 11.8 Å². The summed E-state index contributed by atoms with van der Waals surface area (Å²) in [6, 6.07) is 4.73. The molecule has 1 amide bonds. The first-order chi connectivity index (χ1) is 8.65. The zero-order valence-electron chi connectivity index (χ0n) is 10.5. The average Bonchev–Trinajstić information content (AvgIpc) is 2.75. The minimum Gasteiger partial charge on any atom is -0.355 e. The second-order valence-electron chi connectivity index (χ2n) is 4.82. The van der Waals surface area contributed by atoms with Crippen LogP contribution in [0.3, 0.4) is 0 Å². The molecule has 18 heavy (non-hydrogen) atoms. The largest absolute Gasteiger partial charge is 0.355 e. The highest BCUT2D eigenvalue weighted by atomic mass is 127. The van der Waals surface area contributed by atoms with E-state index in [0.717, 1.165) is 32.4 Å². The molecule has 5 heteroatoms. The molecule has 1 fully saturated rings. The topological polar surface area (TPSA) is 41.1 Å². The average molecular weight is 378 g/mol. The summed E-state index contributed by atoms with van der Waals surface area (Å²) >= 11 is 4.13. The van der Waals surface area contributed by atoms with Gasteiger partial charge in [0.2, 0.25) is 5.91 Å². The van der Waals surface area contributed by atoms with Crippen molar-refractivity contribution >= 4 is 39.8 Å². The van der Waals surface area contributed by atoms with Crippen molar-refractivity contribution in [3.8, 4) is 0 Å². The first-order valence-electron chi connectivity index (χ1n) is 6.40. The molecule has 0 bridgehead atoms. The van der Waals surface area contributed by atoms with E-state index >= 15 is 0 Å². The summed E-state index contributed by atoms with van der Waals surface area (Å²) in [5.74, 6) is 0.430. The fourth-order valence-corrected chi connectivity index (χ4v) is 4.06. The molecule has 2 atom stereocenters. The van der Waals surface area contributed by atoms with E-state index < -0.39 is 0 Å². The van der Waals surface area contributed by atoms with Crippen LogP contribution in [0.4, 0.5) is 0 Å². The number of nitrogens with one attached hydrogen (secondary N) is 2. The van der Waals surface area contributed by atoms with Crippen LogP contribution in [0.1, 0.15) is 24.6 Å². The molecule has 1 aliphatic rings. The van der Waals surface area contributed by atoms with Gasteiger partial charge < -0.3 is 10.6 Å². The fourth-order valence-electron chi connectivity index (χ4n) is 2.31. The summed E-state index contributed by atoms with van der Waals surface area (Å²) in [5, 5.41) is 6.44. The number of thiophene rings is 1. The Hall–Kier alpha value is -0.140. The molecule has 3 nitrogen and oxygen atoms in total. The highest BCUT2D eigenvalue weighted by Crippen LogP contribution is 2.19. The third-order valence-electron chi connectivity index (χ3n) is 3.29. The smallest absolute Gasteiger partial charge is 0.223 e. The first-order valence-corrected chi connectivity index (χ1v) is 8.30. The highest BCUT2D eigenvalue weighted by molar-refractivity contribution is 14.1. The molecule has 1 aromatic rings. The van der Waals surface area contributed by atoms with E-state index in [1.54, 1.807) is 11.3 Å². The van der Waals surface area contributed by atoms with Crippen LogP contribution in [-0.4, -0.2) is 25.0 Å². The molecular formula is C13H19IN2OS. The maximum atomic E-state index is 12.0. The molecule has 1 saturated heterocycles. The van der Waals surface area contributed by atoms with Gasteiger partial charge in [0, 0.05) is 23.4 Å². The van der Waals surface area contributed by atoms with Crippen molar-refractivity contribution in [1.29, 1.82) is 0 Å². The van der Waals surface area contributed by atoms with Crippen LogP contribution in [0.5, 0.6) is 0 Å². The van der Waals surface area contributed by atoms with E-state index in [1.807, 2.05) is 0 Å². The van der Waals surface area contributed by atoms with Crippen LogP contribution in [0, 0.1) is 8.80 Å². The summed E-state index contributed by atoms with van der Waals surface area (Å²) < 4.78 is 1.31. The Balaban J connectivity index is 1.71. The van der Waals surface area contributed by atoms with Gasteiger partial charge in [-0.3, -0.25) is 4.79 Å². The molecule has 0 aromatic carbocycles. The standard InChI is InChI=1S/C13H19IN2OS/c1-9-8-10(4-6-15-9)13(17)16-7-5-11-2-3-12(14)18-11/h2-3,9-10,15H,4-8H2,1H3,(H,16,17)/t9-,10-/m0/s1. The predicted octanol–water partition coefficient (Wildman–Crippen LogP) is 2.40. The van der Waals surface area contributed by atoms with Crippen molar-refractivity contribution in [3.63, 3.8) is 0 Å². The van der Waals surface area contributed by atoms with Gasteiger partial charge in [-0.1, -0.05) is 0 Å². The third kappa shape index (κ3) is 4.20. The van der Waals surface area contributed by atoms with Gasteiger partial charge in [0.15, 0.2) is 0 Å². The number of piperidine rings is 1. The van der Waals surface area contributed by atoms with Crippen molar-refractivity contribution in [2.24, 2.45) is 5.92 Å². The summed E-state index contributed by atoms with van der Waals surface area (Å²) in [7, 11) is 0. The first kappa shape index (κ1) is 14.3. The lowest BCUT2D eigenvalue weighted by molar-refractivity contribution is -0.126. The molecule has 0 saturated carbocycles. The normalized spacial score (nSPS) is 23.9. The van der Waals surface area contributed by atoms with Crippen molar-refractivity contribution in [2.75, 3.05) is 13.1 Å². The van der Waals surface area contributed by atoms with Crippen LogP contribution in [0.15, 0.2) is 12.1 Å². The second kappa shape index (κ2) is 6.86. The van der Waals surface area contributed by atoms with Gasteiger partial charge >= 0.3 is 0 Å². The zero-order valence-corrected chi connectivity index (χ0v) is 13.5. The lowest BCUT2D eigenvalue weighted by Crippen LogP contribution is -2.42. The van der Waals surface area contributed by atoms with Crippen molar-refractivity contribution in [1.82, 2.24) is 10.6 Å². The predicted molar refractivity (Wildman–Crippen MR) is 83.9 cm³/mol. The fraction of sp³-hybridized carbons (Fsp3) is 0.615. The van der Waals surface area contributed by atoms with E-state index in [4.69, 9.17) is 0 Å². The summed E-state index contributed by atoms with van der Waals surface area (Å²) in [6.45, 7) is 3.86. The van der Waals surface area contributed by atoms with Crippen LogP contribution >= 0.6 is 33.9 Å². The molecule has 1 aromatic heterocycles. The van der Waals surface area contributed by atoms with E-state index in [2.05, 4.69) is 52.3 Å². The summed E-state index contributed by atoms with van der Waals surface area (Å²) in [4.78, 5) is 13.3. The molecule has 1 aliphatic heterocycles. The zero-order chi connectivity index (χ0) is 13.0. The molecule has 2 rings (SSSR count). The van der Waals surface area contributed by atoms with Crippen LogP contribution < -0.4 is 10.6 Å². The molecule has 0 unspecified atom stereocenters. The Kier molecular flexibility index (Phi) is 5.44. The number of carbonyl (C=O) groups is 1. The number of halogens is 1. The van der Waals surface area contributed by atoms with Crippen LogP contribution in [0.2, 0.25) is 0 Å². The molecule has 2 N–H and O–H groups in total. The van der Waals surface area contributed by atoms with E-state index in [1.165, 1.54) is 7.76 Å². The second-order valence-corrected chi connectivity index (χ2v) is 7.89. The minimum absolute atomic E-state index is 0.199. The molecule has 100 valence electrons. The van der Waals surface area contributed by atoms with Crippen molar-refractivity contribution < 1.29 is 4.79 Å². The monoisotopic (exact) mass is 378 g/mol. The molecule has 0 spiro atoms. The van der Waals surface area contributed by atoms with E-state index in [0.29, 0.717) is 6.04 Å². The number of amides is 1. The SMILES string of the molecule is C[C@H]1C[C@@H](C(=O)NCCc2ccc(I)s2)CCN1. The Morgan fingerprint density at radius 3 is 3.11 bits per heavy atom. The lowest BCUT2D eigenvalue weighted by Gasteiger charge is -2.27. The van der Waals surface area contributed by atoms with E-state index in [9.17, 15) is 4.79 Å². The Morgan fingerprint density at radius 1 is 1.61 bits per heavy atom. The van der Waals surface area contributed by atoms with Gasteiger partial charge in [-0.15, -0.1) is 11.3 Å². The summed E-state index contributed by atoms with van der Waals surface area (Å²) in [5.41, 5.74) is 0. The van der Waals surface area contributed by atoms with Gasteiger partial charge in [0.25, 0.3) is 0 Å². The number of rotatable bonds is 4. The highest BCUT2D eigenvalue weighted by Gasteiger charge is 2.24. The van der Waals surface area contributed by atoms with Gasteiger partial charge in [0.1, 0.15) is 0 Å². The van der Waals surface area contributed by atoms with Crippen molar-refractivity contribution in [3.05, 3.63) is 19.9 Å². The van der Waals surface area contributed by atoms with Gasteiger partial charge in [0.05, 0.1) is 2.88 Å². The van der Waals surface area contributed by atoms with Gasteiger partial charge in [-0.2, -0.15) is 0 Å². The number of carbonyl (C=O) groups excluding carboxylic acids is 1. The van der Waals surface area contributed by atoms with Crippen LogP contribution in [-0.2, 0) is 11.2 Å². The maximum absolute atomic E-state index is 12.0. The Bertz CT molecular complexity index is 407. The minimum atomic E-state index is 0.199. The Labute approximate surface area is 126 Å². The number of hydrogen-bond donors (Lipinski definition) is 2. The molecule has 2 heterocycles. The third-order valence-corrected chi connectivity index (χ3v) is 5.25.